The van der Waals surface area contributed by atoms with Crippen molar-refractivity contribution in [1.82, 2.24) is 15.5 Å². The van der Waals surface area contributed by atoms with Crippen LogP contribution in [0.4, 0.5) is 0 Å². The van der Waals surface area contributed by atoms with Crippen molar-refractivity contribution in [2.45, 2.75) is 32.7 Å². The second-order valence-electron chi connectivity index (χ2n) is 6.59. The third kappa shape index (κ3) is 5.79. The SMILES string of the molecule is CCc1ccc(CNC(=NC)NCCCCN2C(=O)c3ccccc3C2=O)s1.I. The number of thiophene rings is 1. The lowest BCUT2D eigenvalue weighted by atomic mass is 10.1. The van der Waals surface area contributed by atoms with Gasteiger partial charge in [-0.15, -0.1) is 35.3 Å². The molecule has 1 aromatic heterocycles. The minimum absolute atomic E-state index is 0. The molecule has 2 heterocycles. The van der Waals surface area contributed by atoms with Crippen LogP contribution in [0.5, 0.6) is 0 Å². The summed E-state index contributed by atoms with van der Waals surface area (Å²) in [5.41, 5.74) is 1.02. The molecule has 0 bridgehead atoms. The van der Waals surface area contributed by atoms with E-state index in [0.717, 1.165) is 38.3 Å². The van der Waals surface area contributed by atoms with Gasteiger partial charge in [0.15, 0.2) is 5.96 Å². The van der Waals surface area contributed by atoms with Crippen molar-refractivity contribution in [3.63, 3.8) is 0 Å². The zero-order valence-electron chi connectivity index (χ0n) is 16.7. The van der Waals surface area contributed by atoms with Crippen molar-refractivity contribution in [3.05, 3.63) is 57.3 Å². The molecule has 1 aliphatic heterocycles. The molecule has 0 spiro atoms. The summed E-state index contributed by atoms with van der Waals surface area (Å²) in [6, 6.07) is 11.3. The average Bonchev–Trinajstić information content (AvgIpc) is 3.28. The summed E-state index contributed by atoms with van der Waals surface area (Å²) < 4.78 is 0. The van der Waals surface area contributed by atoms with Crippen LogP contribution in [0.3, 0.4) is 0 Å². The summed E-state index contributed by atoms with van der Waals surface area (Å²) in [4.78, 5) is 32.9. The normalized spacial score (nSPS) is 13.3. The molecule has 0 saturated heterocycles. The molecule has 0 saturated carbocycles. The number of aryl methyl sites for hydroxylation is 1. The number of guanidine groups is 1. The fourth-order valence-corrected chi connectivity index (χ4v) is 4.04. The Kier molecular flexibility index (Phi) is 9.09. The molecule has 0 fully saturated rings. The average molecular weight is 526 g/mol. The predicted molar refractivity (Wildman–Crippen MR) is 128 cm³/mol. The first-order valence-corrected chi connectivity index (χ1v) is 10.4. The minimum Gasteiger partial charge on any atom is -0.356 e. The van der Waals surface area contributed by atoms with Gasteiger partial charge in [-0.3, -0.25) is 19.5 Å². The maximum Gasteiger partial charge on any atom is 0.261 e. The lowest BCUT2D eigenvalue weighted by Gasteiger charge is -2.14. The number of carbonyl (C=O) groups is 2. The summed E-state index contributed by atoms with van der Waals surface area (Å²) in [5.74, 6) is 0.383. The van der Waals surface area contributed by atoms with Crippen LogP contribution in [0.1, 0.15) is 50.2 Å². The number of fused-ring (bicyclic) bond motifs is 1. The fourth-order valence-electron chi connectivity index (χ4n) is 3.14. The van der Waals surface area contributed by atoms with E-state index in [1.807, 2.05) is 11.3 Å². The highest BCUT2D eigenvalue weighted by Gasteiger charge is 2.34. The second kappa shape index (κ2) is 11.3. The first-order valence-electron chi connectivity index (χ1n) is 9.61. The predicted octanol–water partition coefficient (Wildman–Crippen LogP) is 3.67. The van der Waals surface area contributed by atoms with Gasteiger partial charge in [0.25, 0.3) is 11.8 Å². The number of benzene rings is 1. The van der Waals surface area contributed by atoms with Crippen molar-refractivity contribution in [3.8, 4) is 0 Å². The van der Waals surface area contributed by atoms with E-state index in [9.17, 15) is 9.59 Å². The van der Waals surface area contributed by atoms with Gasteiger partial charge in [0.1, 0.15) is 0 Å². The Morgan fingerprint density at radius 3 is 2.24 bits per heavy atom. The Bertz CT molecular complexity index is 846. The summed E-state index contributed by atoms with van der Waals surface area (Å²) in [7, 11) is 1.75. The number of nitrogens with zero attached hydrogens (tertiary/aromatic N) is 2. The summed E-state index contributed by atoms with van der Waals surface area (Å²) in [6.45, 7) is 4.08. The molecular weight excluding hydrogens is 499 g/mol. The number of hydrogen-bond donors (Lipinski definition) is 2. The Balaban J connectivity index is 0.00000300. The van der Waals surface area contributed by atoms with Gasteiger partial charge in [0.05, 0.1) is 17.7 Å². The van der Waals surface area contributed by atoms with E-state index in [0.29, 0.717) is 17.7 Å². The molecule has 2 N–H and O–H groups in total. The van der Waals surface area contributed by atoms with Crippen molar-refractivity contribution in [2.75, 3.05) is 20.1 Å². The van der Waals surface area contributed by atoms with Gasteiger partial charge < -0.3 is 10.6 Å². The number of amides is 2. The van der Waals surface area contributed by atoms with Gasteiger partial charge in [-0.05, 0) is 43.5 Å². The van der Waals surface area contributed by atoms with Crippen LogP contribution in [0.25, 0.3) is 0 Å². The second-order valence-corrected chi connectivity index (χ2v) is 7.84. The molecule has 3 rings (SSSR count). The maximum absolute atomic E-state index is 12.3. The van der Waals surface area contributed by atoms with Crippen molar-refractivity contribution in [1.29, 1.82) is 0 Å². The van der Waals surface area contributed by atoms with Crippen LogP contribution in [-0.4, -0.2) is 42.8 Å². The zero-order valence-corrected chi connectivity index (χ0v) is 19.9. The van der Waals surface area contributed by atoms with E-state index in [2.05, 4.69) is 34.7 Å². The highest BCUT2D eigenvalue weighted by atomic mass is 127. The van der Waals surface area contributed by atoms with Crippen molar-refractivity contribution >= 4 is 53.1 Å². The van der Waals surface area contributed by atoms with E-state index in [1.54, 1.807) is 31.3 Å². The number of nitrogens with one attached hydrogen (secondary N) is 2. The standard InChI is InChI=1S/C21H26N4O2S.HI/c1-3-15-10-11-16(28-15)14-24-21(22-2)23-12-6-7-13-25-19(26)17-8-4-5-9-18(17)20(25)27;/h4-5,8-11H,3,6-7,12-14H2,1-2H3,(H2,22,23,24);1H. The fraction of sp³-hybridized carbons (Fsp3) is 0.381. The summed E-state index contributed by atoms with van der Waals surface area (Å²) in [5, 5.41) is 6.59. The van der Waals surface area contributed by atoms with Gasteiger partial charge >= 0.3 is 0 Å². The largest absolute Gasteiger partial charge is 0.356 e. The molecule has 0 radical (unpaired) electrons. The lowest BCUT2D eigenvalue weighted by Crippen LogP contribution is -2.37. The molecule has 8 heteroatoms. The third-order valence-corrected chi connectivity index (χ3v) is 5.93. The molecule has 29 heavy (non-hydrogen) atoms. The van der Waals surface area contributed by atoms with E-state index >= 15 is 0 Å². The van der Waals surface area contributed by atoms with Gasteiger partial charge in [0.2, 0.25) is 0 Å². The summed E-state index contributed by atoms with van der Waals surface area (Å²) in [6.07, 6.45) is 2.65. The van der Waals surface area contributed by atoms with Crippen LogP contribution in [-0.2, 0) is 13.0 Å². The quantitative estimate of drug-likeness (QED) is 0.181. The van der Waals surface area contributed by atoms with Crippen LogP contribution in [0.15, 0.2) is 41.4 Å². The van der Waals surface area contributed by atoms with Crippen molar-refractivity contribution < 1.29 is 9.59 Å². The molecule has 1 aliphatic rings. The summed E-state index contributed by atoms with van der Waals surface area (Å²) >= 11 is 1.81. The smallest absolute Gasteiger partial charge is 0.261 e. The first kappa shape index (κ1) is 23.3. The zero-order chi connectivity index (χ0) is 19.9. The van der Waals surface area contributed by atoms with Gasteiger partial charge in [-0.25, -0.2) is 0 Å². The third-order valence-electron chi connectivity index (χ3n) is 4.70. The van der Waals surface area contributed by atoms with Crippen LogP contribution in [0, 0.1) is 0 Å². The molecule has 2 amide bonds. The monoisotopic (exact) mass is 526 g/mol. The van der Waals surface area contributed by atoms with E-state index in [4.69, 9.17) is 0 Å². The number of carbonyl (C=O) groups excluding carboxylic acids is 2. The van der Waals surface area contributed by atoms with E-state index in [1.165, 1.54) is 14.7 Å². The number of halogens is 1. The molecule has 1 aromatic carbocycles. The number of rotatable bonds is 8. The number of hydrogen-bond acceptors (Lipinski definition) is 4. The molecule has 2 aromatic rings. The Labute approximate surface area is 192 Å². The topological polar surface area (TPSA) is 73.8 Å². The minimum atomic E-state index is -0.187. The number of aliphatic imine (C=N–C) groups is 1. The maximum atomic E-state index is 12.3. The highest BCUT2D eigenvalue weighted by Crippen LogP contribution is 2.22. The first-order chi connectivity index (χ1) is 13.6. The number of unbranched alkanes of at least 4 members (excludes halogenated alkanes) is 1. The Morgan fingerprint density at radius 2 is 1.66 bits per heavy atom. The molecule has 0 unspecified atom stereocenters. The molecular formula is C21H27IN4O2S. The van der Waals surface area contributed by atoms with E-state index in [-0.39, 0.29) is 35.8 Å². The van der Waals surface area contributed by atoms with Crippen LogP contribution < -0.4 is 10.6 Å². The van der Waals surface area contributed by atoms with Gasteiger partial charge in [-0.1, -0.05) is 19.1 Å². The van der Waals surface area contributed by atoms with Crippen molar-refractivity contribution in [2.24, 2.45) is 4.99 Å². The highest BCUT2D eigenvalue weighted by molar-refractivity contribution is 14.0. The molecule has 0 atom stereocenters. The van der Waals surface area contributed by atoms with E-state index < -0.39 is 0 Å². The van der Waals surface area contributed by atoms with Crippen LogP contribution in [0.2, 0.25) is 0 Å². The van der Waals surface area contributed by atoms with Gasteiger partial charge in [0, 0.05) is 29.9 Å². The molecule has 6 nitrogen and oxygen atoms in total. The lowest BCUT2D eigenvalue weighted by molar-refractivity contribution is 0.0652. The Morgan fingerprint density at radius 1 is 1.00 bits per heavy atom. The molecule has 0 aliphatic carbocycles. The molecule has 156 valence electrons. The van der Waals surface area contributed by atoms with Gasteiger partial charge in [-0.2, -0.15) is 0 Å². The van der Waals surface area contributed by atoms with Crippen LogP contribution >= 0.6 is 35.3 Å². The number of imide groups is 1. The Hall–Kier alpha value is -1.94.